The van der Waals surface area contributed by atoms with Crippen LogP contribution in [0.25, 0.3) is 12.2 Å². The second-order valence-electron chi connectivity index (χ2n) is 7.74. The molecule has 5 heteroatoms. The number of phenols is 1. The minimum atomic E-state index is -0.468. The van der Waals surface area contributed by atoms with E-state index in [1.165, 1.54) is 12.1 Å². The third-order valence-electron chi connectivity index (χ3n) is 4.31. The Bertz CT molecular complexity index is 878. The molecule has 5 nitrogen and oxygen atoms in total. The largest absolute Gasteiger partial charge is 0.505 e. The highest BCUT2D eigenvalue weighted by molar-refractivity contribution is 6.08. The van der Waals surface area contributed by atoms with Crippen molar-refractivity contribution in [3.05, 3.63) is 60.2 Å². The number of nitrogens with two attached hydrogens (primary N) is 1. The Morgan fingerprint density at radius 1 is 1.21 bits per heavy atom. The molecule has 0 aliphatic carbocycles. The van der Waals surface area contributed by atoms with Crippen LogP contribution in [0, 0.1) is 5.41 Å². The van der Waals surface area contributed by atoms with E-state index >= 15 is 0 Å². The van der Waals surface area contributed by atoms with Gasteiger partial charge in [-0.05, 0) is 47.7 Å². The Labute approximate surface area is 166 Å². The Kier molecular flexibility index (Phi) is 6.52. The number of carbonyl (C=O) groups is 1. The summed E-state index contributed by atoms with van der Waals surface area (Å²) >= 11 is 0. The van der Waals surface area contributed by atoms with E-state index in [0.717, 1.165) is 12.2 Å². The van der Waals surface area contributed by atoms with Crippen molar-refractivity contribution < 1.29 is 14.6 Å². The number of nitrogens with one attached hydrogen (secondary N) is 1. The topological polar surface area (TPSA) is 84.6 Å². The number of anilines is 2. The number of aromatic hydroxyl groups is 1. The summed E-state index contributed by atoms with van der Waals surface area (Å²) in [6.07, 6.45) is 4.03. The van der Waals surface area contributed by atoms with E-state index in [4.69, 9.17) is 10.5 Å². The summed E-state index contributed by atoms with van der Waals surface area (Å²) in [6.45, 7) is 14.5. The molecule has 0 aliphatic rings. The molecule has 0 atom stereocenters. The van der Waals surface area contributed by atoms with Crippen LogP contribution in [0.2, 0.25) is 0 Å². The molecule has 0 radical (unpaired) electrons. The smallest absolute Gasteiger partial charge is 0.259 e. The average molecular weight is 380 g/mol. The van der Waals surface area contributed by atoms with E-state index < -0.39 is 5.91 Å². The van der Waals surface area contributed by atoms with Crippen molar-refractivity contribution in [1.82, 2.24) is 0 Å². The van der Waals surface area contributed by atoms with Crippen LogP contribution in [0.3, 0.4) is 0 Å². The first kappa shape index (κ1) is 21.1. The van der Waals surface area contributed by atoms with Crippen molar-refractivity contribution in [2.24, 2.45) is 5.41 Å². The number of benzene rings is 2. The van der Waals surface area contributed by atoms with Crippen molar-refractivity contribution in [2.75, 3.05) is 17.7 Å². The SMILES string of the molecule is C=Cc1cc(C(=O)Nc2ccc(OCCC(C)(C)C)cc2)c(O)c(N)c1C=C. The lowest BCUT2D eigenvalue weighted by molar-refractivity contribution is 0.102. The summed E-state index contributed by atoms with van der Waals surface area (Å²) in [4.78, 5) is 12.6. The minimum Gasteiger partial charge on any atom is -0.505 e. The Morgan fingerprint density at radius 3 is 2.39 bits per heavy atom. The lowest BCUT2D eigenvalue weighted by Gasteiger charge is -2.18. The molecule has 0 aromatic heterocycles. The standard InChI is InChI=1S/C23H28N2O3/c1-6-15-14-19(21(26)20(24)18(15)7-2)22(27)25-16-8-10-17(11-9-16)28-13-12-23(3,4)5/h6-11,14,26H,1-2,12-13,24H2,3-5H3,(H,25,27). The highest BCUT2D eigenvalue weighted by Crippen LogP contribution is 2.33. The summed E-state index contributed by atoms with van der Waals surface area (Å²) in [6, 6.07) is 8.62. The highest BCUT2D eigenvalue weighted by atomic mass is 16.5. The molecule has 2 aromatic carbocycles. The Balaban J connectivity index is 2.12. The van der Waals surface area contributed by atoms with Gasteiger partial charge in [-0.1, -0.05) is 46.1 Å². The van der Waals surface area contributed by atoms with E-state index in [9.17, 15) is 9.90 Å². The van der Waals surface area contributed by atoms with E-state index in [1.807, 2.05) is 0 Å². The van der Waals surface area contributed by atoms with Crippen LogP contribution < -0.4 is 15.8 Å². The quantitative estimate of drug-likeness (QED) is 0.448. The summed E-state index contributed by atoms with van der Waals surface area (Å²) in [5.41, 5.74) is 8.06. The van der Waals surface area contributed by atoms with Gasteiger partial charge in [-0.3, -0.25) is 4.79 Å². The number of amides is 1. The molecular weight excluding hydrogens is 352 g/mol. The van der Waals surface area contributed by atoms with Crippen LogP contribution in [0.1, 0.15) is 48.7 Å². The van der Waals surface area contributed by atoms with Gasteiger partial charge in [0.05, 0.1) is 17.9 Å². The monoisotopic (exact) mass is 380 g/mol. The molecule has 2 rings (SSSR count). The zero-order chi connectivity index (χ0) is 20.9. The summed E-state index contributed by atoms with van der Waals surface area (Å²) in [5, 5.41) is 13.0. The number of nitrogen functional groups attached to an aromatic ring is 1. The molecule has 0 heterocycles. The molecular formula is C23H28N2O3. The van der Waals surface area contributed by atoms with Crippen molar-refractivity contribution in [3.8, 4) is 11.5 Å². The molecule has 0 spiro atoms. The van der Waals surface area contributed by atoms with Crippen LogP contribution in [0.5, 0.6) is 11.5 Å². The normalized spacial score (nSPS) is 11.0. The number of ether oxygens (including phenoxy) is 1. The van der Waals surface area contributed by atoms with Crippen molar-refractivity contribution in [2.45, 2.75) is 27.2 Å². The van der Waals surface area contributed by atoms with Crippen LogP contribution in [0.4, 0.5) is 11.4 Å². The molecule has 1 amide bonds. The van der Waals surface area contributed by atoms with Gasteiger partial charge in [0.15, 0.2) is 5.75 Å². The van der Waals surface area contributed by atoms with Gasteiger partial charge in [-0.15, -0.1) is 0 Å². The van der Waals surface area contributed by atoms with Gasteiger partial charge in [0.2, 0.25) is 0 Å². The molecule has 0 fully saturated rings. The van der Waals surface area contributed by atoms with Gasteiger partial charge < -0.3 is 20.9 Å². The maximum absolute atomic E-state index is 12.6. The molecule has 0 bridgehead atoms. The van der Waals surface area contributed by atoms with Gasteiger partial charge in [0.25, 0.3) is 5.91 Å². The van der Waals surface area contributed by atoms with Gasteiger partial charge in [-0.2, -0.15) is 0 Å². The zero-order valence-electron chi connectivity index (χ0n) is 16.7. The van der Waals surface area contributed by atoms with E-state index in [2.05, 4.69) is 39.2 Å². The molecule has 0 saturated heterocycles. The number of hydrogen-bond donors (Lipinski definition) is 3. The fraction of sp³-hybridized carbons (Fsp3) is 0.261. The van der Waals surface area contributed by atoms with Crippen LogP contribution in [0.15, 0.2) is 43.5 Å². The molecule has 0 aliphatic heterocycles. The molecule has 2 aromatic rings. The van der Waals surface area contributed by atoms with E-state index in [0.29, 0.717) is 23.4 Å². The molecule has 28 heavy (non-hydrogen) atoms. The van der Waals surface area contributed by atoms with E-state index in [-0.39, 0.29) is 22.4 Å². The van der Waals surface area contributed by atoms with E-state index in [1.54, 1.807) is 30.3 Å². The molecule has 0 saturated carbocycles. The zero-order valence-corrected chi connectivity index (χ0v) is 16.7. The van der Waals surface area contributed by atoms with Gasteiger partial charge in [-0.25, -0.2) is 0 Å². The number of phenolic OH excluding ortho intramolecular Hbond substituents is 1. The molecule has 4 N–H and O–H groups in total. The fourth-order valence-electron chi connectivity index (χ4n) is 2.61. The van der Waals surface area contributed by atoms with Crippen LogP contribution >= 0.6 is 0 Å². The Hall–Kier alpha value is -3.21. The van der Waals surface area contributed by atoms with Gasteiger partial charge >= 0.3 is 0 Å². The summed E-state index contributed by atoms with van der Waals surface area (Å²) < 4.78 is 5.73. The predicted molar refractivity (Wildman–Crippen MR) is 117 cm³/mol. The van der Waals surface area contributed by atoms with Crippen molar-refractivity contribution in [3.63, 3.8) is 0 Å². The second-order valence-corrected chi connectivity index (χ2v) is 7.74. The maximum Gasteiger partial charge on any atom is 0.259 e. The van der Waals surface area contributed by atoms with Gasteiger partial charge in [0.1, 0.15) is 5.75 Å². The first-order valence-corrected chi connectivity index (χ1v) is 9.11. The van der Waals surface area contributed by atoms with Gasteiger partial charge in [0, 0.05) is 11.3 Å². The number of hydrogen-bond acceptors (Lipinski definition) is 4. The maximum atomic E-state index is 12.6. The first-order valence-electron chi connectivity index (χ1n) is 9.11. The number of rotatable bonds is 7. The molecule has 148 valence electrons. The third kappa shape index (κ3) is 5.16. The highest BCUT2D eigenvalue weighted by Gasteiger charge is 2.18. The fourth-order valence-corrected chi connectivity index (χ4v) is 2.61. The third-order valence-corrected chi connectivity index (χ3v) is 4.31. The molecule has 0 unspecified atom stereocenters. The predicted octanol–water partition coefficient (Wildman–Crippen LogP) is 5.33. The lowest BCUT2D eigenvalue weighted by Crippen LogP contribution is -2.14. The van der Waals surface area contributed by atoms with Crippen molar-refractivity contribution >= 4 is 29.4 Å². The van der Waals surface area contributed by atoms with Crippen LogP contribution in [-0.2, 0) is 0 Å². The second kappa shape index (κ2) is 8.65. The number of carbonyl (C=O) groups excluding carboxylic acids is 1. The first-order chi connectivity index (χ1) is 13.2. The van der Waals surface area contributed by atoms with Crippen molar-refractivity contribution in [1.29, 1.82) is 0 Å². The average Bonchev–Trinajstić information content (AvgIpc) is 2.64. The Morgan fingerprint density at radius 2 is 1.86 bits per heavy atom. The lowest BCUT2D eigenvalue weighted by atomic mass is 9.93. The minimum absolute atomic E-state index is 0.0727. The summed E-state index contributed by atoms with van der Waals surface area (Å²) in [5.74, 6) is -0.0110. The summed E-state index contributed by atoms with van der Waals surface area (Å²) in [7, 11) is 0. The van der Waals surface area contributed by atoms with Crippen LogP contribution in [-0.4, -0.2) is 17.6 Å².